The van der Waals surface area contributed by atoms with Crippen molar-refractivity contribution in [2.45, 2.75) is 57.1 Å². The minimum absolute atomic E-state index is 0.000462. The molecule has 0 saturated carbocycles. The van der Waals surface area contributed by atoms with Crippen LogP contribution in [0.3, 0.4) is 0 Å². The first kappa shape index (κ1) is 31.7. The van der Waals surface area contributed by atoms with Crippen molar-refractivity contribution in [3.8, 4) is 0 Å². The number of carbonyl (C=O) groups is 2. The molecule has 3 aromatic rings. The van der Waals surface area contributed by atoms with Crippen molar-refractivity contribution in [2.24, 2.45) is 0 Å². The van der Waals surface area contributed by atoms with Gasteiger partial charge in [-0.2, -0.15) is 0 Å². The van der Waals surface area contributed by atoms with E-state index in [9.17, 15) is 18.0 Å². The van der Waals surface area contributed by atoms with Crippen molar-refractivity contribution in [1.82, 2.24) is 10.2 Å². The van der Waals surface area contributed by atoms with Gasteiger partial charge in [0.05, 0.1) is 10.6 Å². The molecule has 11 heteroatoms. The number of amides is 2. The molecule has 0 spiro atoms. The van der Waals surface area contributed by atoms with Gasteiger partial charge in [-0.25, -0.2) is 8.42 Å². The van der Waals surface area contributed by atoms with Crippen molar-refractivity contribution in [1.29, 1.82) is 0 Å². The molecule has 0 bridgehead atoms. The van der Waals surface area contributed by atoms with E-state index in [0.29, 0.717) is 23.4 Å². The van der Waals surface area contributed by atoms with Gasteiger partial charge in [0.15, 0.2) is 0 Å². The van der Waals surface area contributed by atoms with Gasteiger partial charge in [0, 0.05) is 27.7 Å². The summed E-state index contributed by atoms with van der Waals surface area (Å²) in [5, 5.41) is 3.77. The Hall–Kier alpha value is -2.78. The molecule has 2 atom stereocenters. The van der Waals surface area contributed by atoms with Crippen LogP contribution in [-0.4, -0.2) is 43.8 Å². The van der Waals surface area contributed by atoms with Gasteiger partial charge in [-0.15, -0.1) is 0 Å². The monoisotopic (exact) mass is 623 g/mol. The minimum Gasteiger partial charge on any atom is -0.352 e. The summed E-state index contributed by atoms with van der Waals surface area (Å²) < 4.78 is 28.7. The molecule has 0 aromatic heterocycles. The van der Waals surface area contributed by atoms with Gasteiger partial charge in [-0.3, -0.25) is 13.9 Å². The van der Waals surface area contributed by atoms with Gasteiger partial charge in [0.25, 0.3) is 10.0 Å². The van der Waals surface area contributed by atoms with Crippen LogP contribution in [0.2, 0.25) is 15.1 Å². The van der Waals surface area contributed by atoms with E-state index in [-0.39, 0.29) is 39.1 Å². The summed E-state index contributed by atoms with van der Waals surface area (Å²) >= 11 is 18.9. The second kappa shape index (κ2) is 14.2. The highest BCUT2D eigenvalue weighted by Gasteiger charge is 2.34. The molecule has 1 N–H and O–H groups in total. The predicted octanol–water partition coefficient (Wildman–Crippen LogP) is 6.56. The number of hydrogen-bond acceptors (Lipinski definition) is 4. The highest BCUT2D eigenvalue weighted by Crippen LogP contribution is 2.30. The second-order valence-electron chi connectivity index (χ2n) is 9.31. The maximum atomic E-state index is 14.1. The van der Waals surface area contributed by atoms with E-state index < -0.39 is 28.5 Å². The quantitative estimate of drug-likeness (QED) is 0.247. The van der Waals surface area contributed by atoms with E-state index in [1.807, 2.05) is 13.8 Å². The van der Waals surface area contributed by atoms with Crippen LogP contribution in [0.15, 0.2) is 77.7 Å². The van der Waals surface area contributed by atoms with Crippen LogP contribution in [0, 0.1) is 0 Å². The predicted molar refractivity (Wildman–Crippen MR) is 161 cm³/mol. The molecule has 0 unspecified atom stereocenters. The van der Waals surface area contributed by atoms with Gasteiger partial charge in [-0.1, -0.05) is 85.0 Å². The molecule has 3 aromatic carbocycles. The minimum atomic E-state index is -4.23. The molecular weight excluding hydrogens is 593 g/mol. The SMILES string of the molecule is CC[C@H](C(=O)N[C@@H](C)CC)N(Cc1ccccc1Cl)C(=O)CN(c1cc(Cl)cc(Cl)c1)S(=O)(=O)c1ccccc1. The Morgan fingerprint density at radius 2 is 1.48 bits per heavy atom. The highest BCUT2D eigenvalue weighted by molar-refractivity contribution is 7.92. The fraction of sp³-hybridized carbons (Fsp3) is 0.310. The van der Waals surface area contributed by atoms with Crippen LogP contribution in [0.1, 0.15) is 39.2 Å². The van der Waals surface area contributed by atoms with Crippen LogP contribution in [0.4, 0.5) is 5.69 Å². The first-order valence-corrected chi connectivity index (χ1v) is 15.4. The number of carbonyl (C=O) groups excluding carboxylic acids is 2. The Morgan fingerprint density at radius 1 is 0.875 bits per heavy atom. The lowest BCUT2D eigenvalue weighted by atomic mass is 10.1. The smallest absolute Gasteiger partial charge is 0.264 e. The summed E-state index contributed by atoms with van der Waals surface area (Å²) in [6.45, 7) is 5.01. The van der Waals surface area contributed by atoms with Gasteiger partial charge < -0.3 is 10.2 Å². The summed E-state index contributed by atoms with van der Waals surface area (Å²) in [5.74, 6) is -0.929. The number of halogens is 3. The second-order valence-corrected chi connectivity index (χ2v) is 12.4. The zero-order valence-electron chi connectivity index (χ0n) is 22.5. The van der Waals surface area contributed by atoms with Crippen molar-refractivity contribution < 1.29 is 18.0 Å². The first-order chi connectivity index (χ1) is 19.0. The fourth-order valence-electron chi connectivity index (χ4n) is 4.10. The van der Waals surface area contributed by atoms with Crippen LogP contribution >= 0.6 is 34.8 Å². The van der Waals surface area contributed by atoms with Gasteiger partial charge in [0.2, 0.25) is 11.8 Å². The molecule has 0 fully saturated rings. The molecule has 7 nitrogen and oxygen atoms in total. The zero-order chi connectivity index (χ0) is 29.4. The van der Waals surface area contributed by atoms with E-state index in [0.717, 1.165) is 4.31 Å². The number of benzene rings is 3. The van der Waals surface area contributed by atoms with Crippen molar-refractivity contribution >= 4 is 62.3 Å². The maximum absolute atomic E-state index is 14.1. The van der Waals surface area contributed by atoms with Crippen LogP contribution in [-0.2, 0) is 26.2 Å². The normalized spacial score (nSPS) is 12.8. The van der Waals surface area contributed by atoms with Gasteiger partial charge >= 0.3 is 0 Å². The third-order valence-electron chi connectivity index (χ3n) is 6.43. The highest BCUT2D eigenvalue weighted by atomic mass is 35.5. The maximum Gasteiger partial charge on any atom is 0.264 e. The summed E-state index contributed by atoms with van der Waals surface area (Å²) in [7, 11) is -4.23. The van der Waals surface area contributed by atoms with Gasteiger partial charge in [0.1, 0.15) is 12.6 Å². The Morgan fingerprint density at radius 3 is 2.05 bits per heavy atom. The Bertz CT molecular complexity index is 1420. The van der Waals surface area contributed by atoms with E-state index in [1.165, 1.54) is 35.2 Å². The number of hydrogen-bond donors (Lipinski definition) is 1. The molecule has 0 aliphatic carbocycles. The molecule has 40 heavy (non-hydrogen) atoms. The number of rotatable bonds is 12. The molecule has 0 radical (unpaired) electrons. The number of nitrogens with one attached hydrogen (secondary N) is 1. The van der Waals surface area contributed by atoms with Crippen molar-refractivity contribution in [2.75, 3.05) is 10.8 Å². The van der Waals surface area contributed by atoms with Crippen molar-refractivity contribution in [3.63, 3.8) is 0 Å². The van der Waals surface area contributed by atoms with E-state index in [2.05, 4.69) is 5.32 Å². The molecule has 0 saturated heterocycles. The fourth-order valence-corrected chi connectivity index (χ4v) is 6.23. The first-order valence-electron chi connectivity index (χ1n) is 12.8. The molecule has 214 valence electrons. The van der Waals surface area contributed by atoms with Crippen LogP contribution in [0.5, 0.6) is 0 Å². The molecular formula is C29H32Cl3N3O4S. The van der Waals surface area contributed by atoms with E-state index >= 15 is 0 Å². The average Bonchev–Trinajstić information content (AvgIpc) is 2.92. The lowest BCUT2D eigenvalue weighted by Crippen LogP contribution is -2.53. The Labute approximate surface area is 251 Å². The van der Waals surface area contributed by atoms with Gasteiger partial charge in [-0.05, 0) is 61.7 Å². The summed E-state index contributed by atoms with van der Waals surface area (Å²) in [5.41, 5.74) is 0.736. The number of nitrogens with zero attached hydrogens (tertiary/aromatic N) is 2. The largest absolute Gasteiger partial charge is 0.352 e. The summed E-state index contributed by atoms with van der Waals surface area (Å²) in [4.78, 5) is 28.8. The summed E-state index contributed by atoms with van der Waals surface area (Å²) in [6.07, 6.45) is 1.01. The Balaban J connectivity index is 2.09. The topological polar surface area (TPSA) is 86.8 Å². The van der Waals surface area contributed by atoms with E-state index in [4.69, 9.17) is 34.8 Å². The third-order valence-corrected chi connectivity index (χ3v) is 9.02. The van der Waals surface area contributed by atoms with E-state index in [1.54, 1.807) is 49.4 Å². The molecule has 0 aliphatic rings. The molecule has 0 aliphatic heterocycles. The Kier molecular flexibility index (Phi) is 11.3. The third kappa shape index (κ3) is 7.91. The van der Waals surface area contributed by atoms with Crippen LogP contribution < -0.4 is 9.62 Å². The lowest BCUT2D eigenvalue weighted by Gasteiger charge is -2.34. The molecule has 3 rings (SSSR count). The summed E-state index contributed by atoms with van der Waals surface area (Å²) in [6, 6.07) is 18.1. The zero-order valence-corrected chi connectivity index (χ0v) is 25.6. The number of sulfonamides is 1. The number of anilines is 1. The standard InChI is InChI=1S/C29H32Cl3N3O4S/c1-4-20(3)33-29(37)27(5-2)34(18-21-11-9-10-14-26(21)32)28(36)19-35(24-16-22(30)15-23(31)17-24)40(38,39)25-12-7-6-8-13-25/h6-17,20,27H,4-5,18-19H2,1-3H3,(H,33,37)/t20-,27+/m0/s1. The van der Waals surface area contributed by atoms with Crippen molar-refractivity contribution in [3.05, 3.63) is 93.4 Å². The van der Waals surface area contributed by atoms with Crippen LogP contribution in [0.25, 0.3) is 0 Å². The molecule has 2 amide bonds. The molecule has 0 heterocycles. The average molecular weight is 625 g/mol. The lowest BCUT2D eigenvalue weighted by molar-refractivity contribution is -0.140.